The molecule has 1 heterocycles. The van der Waals surface area contributed by atoms with Crippen LogP contribution in [0, 0.1) is 5.82 Å². The number of phenols is 1. The third kappa shape index (κ3) is 2.08. The molecule has 1 amide bonds. The van der Waals surface area contributed by atoms with Crippen molar-refractivity contribution in [2.24, 2.45) is 0 Å². The highest BCUT2D eigenvalue weighted by Gasteiger charge is 2.26. The minimum atomic E-state index is -0.792. The second-order valence-electron chi connectivity index (χ2n) is 3.72. The van der Waals surface area contributed by atoms with Crippen LogP contribution in [0.1, 0.15) is 18.0 Å². The molecule has 1 aliphatic rings. The van der Waals surface area contributed by atoms with Crippen LogP contribution < -0.4 is 10.1 Å². The van der Waals surface area contributed by atoms with E-state index >= 15 is 0 Å². The number of ether oxygens (including phenoxy) is 1. The van der Waals surface area contributed by atoms with Crippen LogP contribution in [-0.2, 0) is 4.79 Å². The summed E-state index contributed by atoms with van der Waals surface area (Å²) in [5, 5.41) is 11.9. The van der Waals surface area contributed by atoms with Gasteiger partial charge in [0.2, 0.25) is 11.7 Å². The number of benzene rings is 1. The van der Waals surface area contributed by atoms with Crippen molar-refractivity contribution in [3.63, 3.8) is 0 Å². The Kier molecular flexibility index (Phi) is 2.99. The molecule has 2 N–H and O–H groups in total. The number of aromatic hydroxyl groups is 1. The van der Waals surface area contributed by atoms with Crippen LogP contribution in [0.3, 0.4) is 0 Å². The highest BCUT2D eigenvalue weighted by molar-refractivity contribution is 5.87. The Bertz CT molecular complexity index is 473. The highest BCUT2D eigenvalue weighted by Crippen LogP contribution is 2.37. The SMILES string of the molecule is C=CC(=O)NC1CCOc2c1ccc(O)c2F. The van der Waals surface area contributed by atoms with Crippen molar-refractivity contribution in [1.29, 1.82) is 0 Å². The molecule has 17 heavy (non-hydrogen) atoms. The molecule has 1 unspecified atom stereocenters. The van der Waals surface area contributed by atoms with Gasteiger partial charge in [0, 0.05) is 12.0 Å². The smallest absolute Gasteiger partial charge is 0.243 e. The number of carbonyl (C=O) groups is 1. The number of halogens is 1. The number of hydrogen-bond donors (Lipinski definition) is 2. The predicted octanol–water partition coefficient (Wildman–Crippen LogP) is 1.66. The summed E-state index contributed by atoms with van der Waals surface area (Å²) in [5.41, 5.74) is 0.529. The van der Waals surface area contributed by atoms with Crippen molar-refractivity contribution >= 4 is 5.91 Å². The molecule has 0 fully saturated rings. The van der Waals surface area contributed by atoms with Crippen LogP contribution >= 0.6 is 0 Å². The summed E-state index contributed by atoms with van der Waals surface area (Å²) in [6.45, 7) is 3.64. The standard InChI is InChI=1S/C12H12FNO3/c1-2-10(16)14-8-5-6-17-12-7(8)3-4-9(15)11(12)13/h2-4,8,15H,1,5-6H2,(H,14,16). The Morgan fingerprint density at radius 3 is 3.12 bits per heavy atom. The number of nitrogens with one attached hydrogen (secondary N) is 1. The van der Waals surface area contributed by atoms with Gasteiger partial charge in [0.15, 0.2) is 11.5 Å². The van der Waals surface area contributed by atoms with E-state index in [2.05, 4.69) is 11.9 Å². The first-order chi connectivity index (χ1) is 8.13. The lowest BCUT2D eigenvalue weighted by Crippen LogP contribution is -2.31. The highest BCUT2D eigenvalue weighted by atomic mass is 19.1. The van der Waals surface area contributed by atoms with E-state index in [1.165, 1.54) is 6.07 Å². The Balaban J connectivity index is 2.35. The third-order valence-electron chi connectivity index (χ3n) is 2.64. The Labute approximate surface area is 97.7 Å². The summed E-state index contributed by atoms with van der Waals surface area (Å²) >= 11 is 0. The summed E-state index contributed by atoms with van der Waals surface area (Å²) < 4.78 is 18.7. The minimum Gasteiger partial charge on any atom is -0.505 e. The molecule has 90 valence electrons. The van der Waals surface area contributed by atoms with Crippen molar-refractivity contribution in [2.45, 2.75) is 12.5 Å². The van der Waals surface area contributed by atoms with Crippen molar-refractivity contribution in [3.05, 3.63) is 36.2 Å². The molecule has 0 spiro atoms. The lowest BCUT2D eigenvalue weighted by Gasteiger charge is -2.26. The van der Waals surface area contributed by atoms with E-state index in [0.717, 1.165) is 6.08 Å². The fourth-order valence-electron chi connectivity index (χ4n) is 1.80. The lowest BCUT2D eigenvalue weighted by atomic mass is 10.00. The molecular weight excluding hydrogens is 225 g/mol. The van der Waals surface area contributed by atoms with E-state index in [-0.39, 0.29) is 24.3 Å². The minimum absolute atomic E-state index is 0.00520. The van der Waals surface area contributed by atoms with Gasteiger partial charge < -0.3 is 15.2 Å². The van der Waals surface area contributed by atoms with E-state index in [1.54, 1.807) is 6.07 Å². The van der Waals surface area contributed by atoms with Gasteiger partial charge in [-0.2, -0.15) is 4.39 Å². The molecule has 0 radical (unpaired) electrons. The normalized spacial score (nSPS) is 17.8. The molecule has 1 aromatic rings. The van der Waals surface area contributed by atoms with E-state index in [1.807, 2.05) is 0 Å². The molecule has 0 saturated heterocycles. The summed E-state index contributed by atoms with van der Waals surface area (Å²) in [6.07, 6.45) is 1.71. The van der Waals surface area contributed by atoms with Crippen molar-refractivity contribution < 1.29 is 19.0 Å². The maximum atomic E-state index is 13.6. The number of fused-ring (bicyclic) bond motifs is 1. The van der Waals surface area contributed by atoms with Gasteiger partial charge in [-0.3, -0.25) is 4.79 Å². The molecular formula is C12H12FNO3. The van der Waals surface area contributed by atoms with Gasteiger partial charge >= 0.3 is 0 Å². The fourth-order valence-corrected chi connectivity index (χ4v) is 1.80. The molecule has 1 aromatic carbocycles. The predicted molar refractivity (Wildman–Crippen MR) is 59.3 cm³/mol. The van der Waals surface area contributed by atoms with Gasteiger partial charge in [0.05, 0.1) is 12.6 Å². The molecule has 4 nitrogen and oxygen atoms in total. The number of rotatable bonds is 2. The second-order valence-corrected chi connectivity index (χ2v) is 3.72. The van der Waals surface area contributed by atoms with Crippen LogP contribution in [0.15, 0.2) is 24.8 Å². The summed E-state index contributed by atoms with van der Waals surface area (Å²) in [7, 11) is 0. The van der Waals surface area contributed by atoms with E-state index in [0.29, 0.717) is 12.0 Å². The van der Waals surface area contributed by atoms with Crippen LogP contribution in [0.5, 0.6) is 11.5 Å². The van der Waals surface area contributed by atoms with Gasteiger partial charge in [-0.25, -0.2) is 0 Å². The number of phenolic OH excluding ortho intramolecular Hbond substituents is 1. The Morgan fingerprint density at radius 2 is 2.41 bits per heavy atom. The zero-order valence-corrected chi connectivity index (χ0v) is 9.07. The molecule has 2 rings (SSSR count). The summed E-state index contributed by atoms with van der Waals surface area (Å²) in [6, 6.07) is 2.47. The first-order valence-corrected chi connectivity index (χ1v) is 5.20. The third-order valence-corrected chi connectivity index (χ3v) is 2.64. The van der Waals surface area contributed by atoms with Gasteiger partial charge in [-0.15, -0.1) is 0 Å². The maximum absolute atomic E-state index is 13.6. The van der Waals surface area contributed by atoms with Gasteiger partial charge in [0.1, 0.15) is 0 Å². The Hall–Kier alpha value is -2.04. The van der Waals surface area contributed by atoms with E-state index in [4.69, 9.17) is 4.74 Å². The summed E-state index contributed by atoms with van der Waals surface area (Å²) in [4.78, 5) is 11.2. The fraction of sp³-hybridized carbons (Fsp3) is 0.250. The van der Waals surface area contributed by atoms with Gasteiger partial charge in [-0.05, 0) is 18.2 Å². The average Bonchev–Trinajstić information content (AvgIpc) is 2.34. The number of amides is 1. The average molecular weight is 237 g/mol. The van der Waals surface area contributed by atoms with Crippen LogP contribution in [0.2, 0.25) is 0 Å². The van der Waals surface area contributed by atoms with Crippen molar-refractivity contribution in [2.75, 3.05) is 6.61 Å². The molecule has 0 aromatic heterocycles. The monoisotopic (exact) mass is 237 g/mol. The molecule has 5 heteroatoms. The number of hydrogen-bond acceptors (Lipinski definition) is 3. The van der Waals surface area contributed by atoms with Crippen LogP contribution in [0.25, 0.3) is 0 Å². The first kappa shape index (κ1) is 11.4. The number of carbonyl (C=O) groups excluding carboxylic acids is 1. The zero-order valence-electron chi connectivity index (χ0n) is 9.07. The van der Waals surface area contributed by atoms with Gasteiger partial charge in [-0.1, -0.05) is 6.58 Å². The quantitative estimate of drug-likeness (QED) is 0.769. The maximum Gasteiger partial charge on any atom is 0.243 e. The largest absolute Gasteiger partial charge is 0.505 e. The molecule has 1 atom stereocenters. The second kappa shape index (κ2) is 4.45. The Morgan fingerprint density at radius 1 is 1.65 bits per heavy atom. The van der Waals surface area contributed by atoms with Crippen molar-refractivity contribution in [3.8, 4) is 11.5 Å². The topological polar surface area (TPSA) is 58.6 Å². The van der Waals surface area contributed by atoms with Crippen LogP contribution in [0.4, 0.5) is 4.39 Å². The van der Waals surface area contributed by atoms with Gasteiger partial charge in [0.25, 0.3) is 0 Å². The van der Waals surface area contributed by atoms with Crippen LogP contribution in [-0.4, -0.2) is 17.6 Å². The molecule has 0 saturated carbocycles. The first-order valence-electron chi connectivity index (χ1n) is 5.20. The molecule has 1 aliphatic heterocycles. The van der Waals surface area contributed by atoms with E-state index in [9.17, 15) is 14.3 Å². The molecule has 0 bridgehead atoms. The lowest BCUT2D eigenvalue weighted by molar-refractivity contribution is -0.117. The molecule has 0 aliphatic carbocycles. The zero-order chi connectivity index (χ0) is 12.4. The van der Waals surface area contributed by atoms with E-state index < -0.39 is 11.6 Å². The van der Waals surface area contributed by atoms with Crippen molar-refractivity contribution in [1.82, 2.24) is 5.32 Å². The summed E-state index contributed by atoms with van der Waals surface area (Å²) in [5.74, 6) is -1.57.